The van der Waals surface area contributed by atoms with Gasteiger partial charge in [-0.3, -0.25) is 4.79 Å². The molecule has 2 rings (SSSR count). The van der Waals surface area contributed by atoms with E-state index in [-0.39, 0.29) is 12.5 Å². The number of nitrogens with zero attached hydrogens (tertiary/aromatic N) is 1. The monoisotopic (exact) mass is 323 g/mol. The second kappa shape index (κ2) is 8.70. The van der Waals surface area contributed by atoms with E-state index in [2.05, 4.69) is 16.7 Å². The highest BCUT2D eigenvalue weighted by atomic mass is 16.3. The second-order valence-electron chi connectivity index (χ2n) is 5.55. The highest BCUT2D eigenvalue weighted by Gasteiger charge is 2.09. The topological polar surface area (TPSA) is 85.2 Å². The third-order valence-electron chi connectivity index (χ3n) is 3.55. The number of carbonyl (C=O) groups is 1. The summed E-state index contributed by atoms with van der Waals surface area (Å²) < 4.78 is 0. The molecule has 0 bridgehead atoms. The van der Waals surface area contributed by atoms with Crippen LogP contribution in [0.2, 0.25) is 0 Å². The fourth-order valence-electron chi connectivity index (χ4n) is 2.28. The fraction of sp³-hybridized carbons (Fsp3) is 0.263. The van der Waals surface area contributed by atoms with Crippen LogP contribution in [0.1, 0.15) is 35.7 Å². The van der Waals surface area contributed by atoms with Gasteiger partial charge in [0.2, 0.25) is 0 Å². The van der Waals surface area contributed by atoms with Crippen LogP contribution < -0.4 is 10.6 Å². The van der Waals surface area contributed by atoms with Crippen LogP contribution in [-0.4, -0.2) is 23.7 Å². The van der Waals surface area contributed by atoms with E-state index in [1.54, 1.807) is 30.3 Å². The quantitative estimate of drug-likeness (QED) is 0.730. The molecular formula is C19H21N3O2. The van der Waals surface area contributed by atoms with Crippen LogP contribution in [0, 0.1) is 11.3 Å². The molecule has 1 atom stereocenters. The molecule has 0 radical (unpaired) electrons. The van der Waals surface area contributed by atoms with Crippen LogP contribution in [0.15, 0.2) is 48.5 Å². The van der Waals surface area contributed by atoms with Gasteiger partial charge in [0, 0.05) is 23.5 Å². The molecule has 0 spiro atoms. The molecule has 0 aliphatic carbocycles. The Kier molecular flexibility index (Phi) is 6.35. The van der Waals surface area contributed by atoms with Gasteiger partial charge in [0.25, 0.3) is 5.91 Å². The summed E-state index contributed by atoms with van der Waals surface area (Å²) in [4.78, 5) is 12.2. The lowest BCUT2D eigenvalue weighted by atomic mass is 10.1. The van der Waals surface area contributed by atoms with Crippen molar-refractivity contribution in [2.75, 3.05) is 11.9 Å². The van der Waals surface area contributed by atoms with Crippen molar-refractivity contribution < 1.29 is 9.90 Å². The van der Waals surface area contributed by atoms with Gasteiger partial charge in [-0.25, -0.2) is 0 Å². The van der Waals surface area contributed by atoms with Crippen LogP contribution in [-0.2, 0) is 0 Å². The van der Waals surface area contributed by atoms with Crippen LogP contribution in [0.5, 0.6) is 0 Å². The third kappa shape index (κ3) is 5.11. The van der Waals surface area contributed by atoms with Gasteiger partial charge in [0.1, 0.15) is 0 Å². The fourth-order valence-corrected chi connectivity index (χ4v) is 2.28. The molecule has 1 amide bonds. The van der Waals surface area contributed by atoms with Gasteiger partial charge >= 0.3 is 0 Å². The summed E-state index contributed by atoms with van der Waals surface area (Å²) in [6, 6.07) is 16.3. The Bertz CT molecular complexity index is 720. The molecule has 0 heterocycles. The average Bonchev–Trinajstić information content (AvgIpc) is 2.61. The number of rotatable bonds is 7. The summed E-state index contributed by atoms with van der Waals surface area (Å²) in [5, 5.41) is 24.4. The summed E-state index contributed by atoms with van der Waals surface area (Å²) in [5.41, 5.74) is 2.74. The molecule has 2 aromatic rings. The van der Waals surface area contributed by atoms with Crippen molar-refractivity contribution in [2.24, 2.45) is 0 Å². The number of anilines is 2. The Balaban J connectivity index is 2.00. The zero-order valence-corrected chi connectivity index (χ0v) is 13.6. The van der Waals surface area contributed by atoms with Gasteiger partial charge in [-0.1, -0.05) is 19.4 Å². The van der Waals surface area contributed by atoms with E-state index >= 15 is 0 Å². The van der Waals surface area contributed by atoms with Gasteiger partial charge in [-0.15, -0.1) is 0 Å². The molecule has 2 aromatic carbocycles. The molecule has 1 unspecified atom stereocenters. The standard InChI is InChI=1S/C19H21N3O2/c1-2-4-18(23)13-21-19(24)15-5-3-6-17(11-15)22-16-9-7-14(12-20)8-10-16/h3,5-11,18,22-23H,2,4,13H2,1H3,(H,21,24). The van der Waals surface area contributed by atoms with E-state index in [1.807, 2.05) is 25.1 Å². The van der Waals surface area contributed by atoms with Crippen molar-refractivity contribution in [3.8, 4) is 6.07 Å². The normalized spacial score (nSPS) is 11.4. The predicted molar refractivity (Wildman–Crippen MR) is 94.1 cm³/mol. The minimum atomic E-state index is -0.515. The maximum absolute atomic E-state index is 12.2. The Labute approximate surface area is 141 Å². The molecule has 24 heavy (non-hydrogen) atoms. The molecule has 0 aromatic heterocycles. The molecule has 0 aliphatic rings. The first-order valence-electron chi connectivity index (χ1n) is 7.96. The number of aliphatic hydroxyl groups excluding tert-OH is 1. The first-order valence-corrected chi connectivity index (χ1v) is 7.96. The first-order chi connectivity index (χ1) is 11.6. The highest BCUT2D eigenvalue weighted by Crippen LogP contribution is 2.18. The van der Waals surface area contributed by atoms with E-state index < -0.39 is 6.10 Å². The number of hydrogen-bond donors (Lipinski definition) is 3. The van der Waals surface area contributed by atoms with Crippen molar-refractivity contribution in [1.82, 2.24) is 5.32 Å². The Morgan fingerprint density at radius 1 is 1.21 bits per heavy atom. The Morgan fingerprint density at radius 3 is 2.62 bits per heavy atom. The van der Waals surface area contributed by atoms with E-state index in [0.29, 0.717) is 17.5 Å². The van der Waals surface area contributed by atoms with E-state index in [1.165, 1.54) is 0 Å². The number of nitrogens with one attached hydrogen (secondary N) is 2. The van der Waals surface area contributed by atoms with Crippen LogP contribution in [0.3, 0.4) is 0 Å². The number of amides is 1. The zero-order valence-electron chi connectivity index (χ0n) is 13.6. The largest absolute Gasteiger partial charge is 0.391 e. The van der Waals surface area contributed by atoms with Crippen LogP contribution in [0.4, 0.5) is 11.4 Å². The van der Waals surface area contributed by atoms with Gasteiger partial charge in [-0.2, -0.15) is 5.26 Å². The molecular weight excluding hydrogens is 302 g/mol. The number of benzene rings is 2. The van der Waals surface area contributed by atoms with Gasteiger partial charge in [-0.05, 0) is 48.9 Å². The summed E-state index contributed by atoms with van der Waals surface area (Å²) in [7, 11) is 0. The molecule has 124 valence electrons. The second-order valence-corrected chi connectivity index (χ2v) is 5.55. The summed E-state index contributed by atoms with van der Waals surface area (Å²) in [6.45, 7) is 2.24. The lowest BCUT2D eigenvalue weighted by molar-refractivity contribution is 0.0910. The Morgan fingerprint density at radius 2 is 1.96 bits per heavy atom. The van der Waals surface area contributed by atoms with Gasteiger partial charge in [0.05, 0.1) is 17.7 Å². The van der Waals surface area contributed by atoms with Crippen molar-refractivity contribution in [3.63, 3.8) is 0 Å². The van der Waals surface area contributed by atoms with E-state index in [0.717, 1.165) is 17.8 Å². The molecule has 0 aliphatic heterocycles. The van der Waals surface area contributed by atoms with E-state index in [4.69, 9.17) is 5.26 Å². The Hall–Kier alpha value is -2.84. The van der Waals surface area contributed by atoms with Crippen molar-refractivity contribution in [2.45, 2.75) is 25.9 Å². The average molecular weight is 323 g/mol. The molecule has 0 saturated carbocycles. The molecule has 5 heteroatoms. The maximum atomic E-state index is 12.2. The minimum Gasteiger partial charge on any atom is -0.391 e. The molecule has 0 saturated heterocycles. The van der Waals surface area contributed by atoms with Gasteiger partial charge in [0.15, 0.2) is 0 Å². The number of carbonyl (C=O) groups excluding carboxylic acids is 1. The lowest BCUT2D eigenvalue weighted by Gasteiger charge is -2.12. The first kappa shape index (κ1) is 17.5. The number of aliphatic hydroxyl groups is 1. The van der Waals surface area contributed by atoms with Crippen molar-refractivity contribution in [1.29, 1.82) is 5.26 Å². The number of hydrogen-bond acceptors (Lipinski definition) is 4. The summed E-state index contributed by atoms with van der Waals surface area (Å²) in [6.07, 6.45) is 1.03. The summed E-state index contributed by atoms with van der Waals surface area (Å²) >= 11 is 0. The third-order valence-corrected chi connectivity index (χ3v) is 3.55. The van der Waals surface area contributed by atoms with Crippen molar-refractivity contribution in [3.05, 3.63) is 59.7 Å². The lowest BCUT2D eigenvalue weighted by Crippen LogP contribution is -2.31. The van der Waals surface area contributed by atoms with Crippen LogP contribution in [0.25, 0.3) is 0 Å². The molecule has 3 N–H and O–H groups in total. The minimum absolute atomic E-state index is 0.214. The summed E-state index contributed by atoms with van der Waals surface area (Å²) in [5.74, 6) is -0.214. The highest BCUT2D eigenvalue weighted by molar-refractivity contribution is 5.95. The predicted octanol–water partition coefficient (Wildman–Crippen LogP) is 3.19. The number of nitriles is 1. The van der Waals surface area contributed by atoms with Gasteiger partial charge < -0.3 is 15.7 Å². The maximum Gasteiger partial charge on any atom is 0.251 e. The SMILES string of the molecule is CCCC(O)CNC(=O)c1cccc(Nc2ccc(C#N)cc2)c1. The molecule has 5 nitrogen and oxygen atoms in total. The van der Waals surface area contributed by atoms with E-state index in [9.17, 15) is 9.90 Å². The van der Waals surface area contributed by atoms with Crippen molar-refractivity contribution >= 4 is 17.3 Å². The van der Waals surface area contributed by atoms with Crippen LogP contribution >= 0.6 is 0 Å². The smallest absolute Gasteiger partial charge is 0.251 e. The zero-order chi connectivity index (χ0) is 17.4. The molecule has 0 fully saturated rings.